The number of hydrogen-bond acceptors (Lipinski definition) is 6. The van der Waals surface area contributed by atoms with Gasteiger partial charge in [-0.15, -0.1) is 0 Å². The molecule has 1 aliphatic heterocycles. The third-order valence-electron chi connectivity index (χ3n) is 7.60. The second-order valence-electron chi connectivity index (χ2n) is 9.12. The first-order valence-corrected chi connectivity index (χ1v) is 11.2. The Labute approximate surface area is 186 Å². The molecule has 3 unspecified atom stereocenters. The maximum atomic E-state index is 13.4. The van der Waals surface area contributed by atoms with Crippen LogP contribution in [0.5, 0.6) is 0 Å². The van der Waals surface area contributed by atoms with Crippen molar-refractivity contribution in [3.8, 4) is 0 Å². The van der Waals surface area contributed by atoms with Crippen LogP contribution in [0, 0.1) is 10.8 Å². The van der Waals surface area contributed by atoms with Crippen LogP contribution in [0.2, 0.25) is 0 Å². The summed E-state index contributed by atoms with van der Waals surface area (Å²) < 4.78 is 17.3. The van der Waals surface area contributed by atoms with Gasteiger partial charge >= 0.3 is 17.9 Å². The third kappa shape index (κ3) is 2.96. The smallest absolute Gasteiger partial charge is 0.317 e. The molecule has 0 aromatic heterocycles. The molecule has 6 nitrogen and oxygen atoms in total. The largest absolute Gasteiger partial charge is 0.460 e. The van der Waals surface area contributed by atoms with Crippen molar-refractivity contribution in [2.75, 3.05) is 0 Å². The van der Waals surface area contributed by atoms with Gasteiger partial charge in [-0.05, 0) is 43.2 Å². The van der Waals surface area contributed by atoms with Gasteiger partial charge in [0, 0.05) is 0 Å². The highest BCUT2D eigenvalue weighted by atomic mass is 16.6. The molecule has 32 heavy (non-hydrogen) atoms. The van der Waals surface area contributed by atoms with Gasteiger partial charge in [-0.1, -0.05) is 60.7 Å². The van der Waals surface area contributed by atoms with Crippen molar-refractivity contribution in [2.24, 2.45) is 10.8 Å². The molecule has 1 spiro atoms. The number of carbonyl (C=O) groups is 3. The molecule has 1 saturated heterocycles. The zero-order valence-corrected chi connectivity index (χ0v) is 17.9. The third-order valence-corrected chi connectivity index (χ3v) is 7.60. The van der Waals surface area contributed by atoms with Gasteiger partial charge < -0.3 is 14.2 Å². The van der Waals surface area contributed by atoms with Crippen molar-refractivity contribution >= 4 is 17.9 Å². The zero-order chi connectivity index (χ0) is 22.2. The summed E-state index contributed by atoms with van der Waals surface area (Å²) in [6.45, 7) is 0.272. The molecule has 1 heterocycles. The highest BCUT2D eigenvalue weighted by molar-refractivity contribution is 5.93. The topological polar surface area (TPSA) is 78.9 Å². The van der Waals surface area contributed by atoms with Crippen molar-refractivity contribution < 1.29 is 28.6 Å². The van der Waals surface area contributed by atoms with Crippen molar-refractivity contribution in [2.45, 2.75) is 57.3 Å². The predicted molar refractivity (Wildman–Crippen MR) is 114 cm³/mol. The zero-order valence-electron chi connectivity index (χ0n) is 17.9. The predicted octanol–water partition coefficient (Wildman–Crippen LogP) is 4.11. The van der Waals surface area contributed by atoms with Gasteiger partial charge in [-0.25, -0.2) is 0 Å². The molecule has 0 amide bonds. The first kappa shape index (κ1) is 20.7. The minimum absolute atomic E-state index is 0.0473. The van der Waals surface area contributed by atoms with E-state index in [2.05, 4.69) is 0 Å². The Morgan fingerprint density at radius 2 is 1.28 bits per heavy atom. The summed E-state index contributed by atoms with van der Waals surface area (Å²) in [7, 11) is 0. The minimum Gasteiger partial charge on any atom is -0.460 e. The Bertz CT molecular complexity index is 1030. The number of carbonyl (C=O) groups excluding carboxylic acids is 3. The monoisotopic (exact) mass is 434 g/mol. The summed E-state index contributed by atoms with van der Waals surface area (Å²) in [5.41, 5.74) is -1.56. The second kappa shape index (κ2) is 7.76. The van der Waals surface area contributed by atoms with Crippen LogP contribution < -0.4 is 0 Å². The van der Waals surface area contributed by atoms with Crippen molar-refractivity contribution in [3.63, 3.8) is 0 Å². The lowest BCUT2D eigenvalue weighted by atomic mass is 9.66. The fourth-order valence-corrected chi connectivity index (χ4v) is 6.12. The van der Waals surface area contributed by atoms with Crippen molar-refractivity contribution in [3.05, 3.63) is 71.8 Å². The molecule has 3 atom stereocenters. The lowest BCUT2D eigenvalue weighted by Gasteiger charge is -2.41. The number of benzene rings is 2. The maximum absolute atomic E-state index is 13.4. The van der Waals surface area contributed by atoms with E-state index in [0.29, 0.717) is 32.1 Å². The van der Waals surface area contributed by atoms with Crippen LogP contribution in [0.25, 0.3) is 0 Å². The number of rotatable bonds is 6. The molecule has 3 fully saturated rings. The molecule has 3 aliphatic rings. The fourth-order valence-electron chi connectivity index (χ4n) is 6.12. The van der Waals surface area contributed by atoms with Crippen molar-refractivity contribution in [1.82, 2.24) is 0 Å². The summed E-state index contributed by atoms with van der Waals surface area (Å²) in [5, 5.41) is 0. The molecule has 166 valence electrons. The Kier molecular flexibility index (Phi) is 5.03. The molecular formula is C26H26O6. The molecule has 2 aromatic rings. The average molecular weight is 434 g/mol. The normalized spacial score (nSPS) is 30.3. The van der Waals surface area contributed by atoms with E-state index in [1.54, 1.807) is 0 Å². The van der Waals surface area contributed by atoms with Crippen LogP contribution in [0.4, 0.5) is 0 Å². The van der Waals surface area contributed by atoms with Crippen LogP contribution in [0.1, 0.15) is 49.7 Å². The van der Waals surface area contributed by atoms with E-state index in [4.69, 9.17) is 14.2 Å². The first-order valence-electron chi connectivity index (χ1n) is 11.2. The molecular weight excluding hydrogens is 408 g/mol. The molecule has 0 radical (unpaired) electrons. The number of hydrogen-bond donors (Lipinski definition) is 0. The summed E-state index contributed by atoms with van der Waals surface area (Å²) >= 11 is 0. The molecule has 0 N–H and O–H groups in total. The van der Waals surface area contributed by atoms with Gasteiger partial charge in [0.15, 0.2) is 0 Å². The SMILES string of the molecule is O=C1CC2(C(=O)OCc3ccccc3)CCC3(C(=O)OCc4ccccc4)CCCC32O1. The maximum Gasteiger partial charge on any atom is 0.317 e. The van der Waals surface area contributed by atoms with E-state index in [9.17, 15) is 14.4 Å². The number of ether oxygens (including phenoxy) is 3. The van der Waals surface area contributed by atoms with E-state index in [1.807, 2.05) is 60.7 Å². The van der Waals surface area contributed by atoms with E-state index in [-0.39, 0.29) is 25.6 Å². The van der Waals surface area contributed by atoms with Gasteiger partial charge in [-0.3, -0.25) is 14.4 Å². The molecule has 2 saturated carbocycles. The van der Waals surface area contributed by atoms with Crippen LogP contribution >= 0.6 is 0 Å². The molecule has 2 aromatic carbocycles. The molecule has 0 bridgehead atoms. The highest BCUT2D eigenvalue weighted by Gasteiger charge is 2.81. The molecule has 5 rings (SSSR count). The standard InChI is InChI=1S/C26H26O6/c27-21-16-25(23(29)31-18-20-10-5-2-6-11-20)15-14-24(12-7-13-26(24,25)32-21)22(28)30-17-19-8-3-1-4-9-19/h1-6,8-11H,7,12-18H2. The Morgan fingerprint density at radius 1 is 0.750 bits per heavy atom. The van der Waals surface area contributed by atoms with Gasteiger partial charge in [0.05, 0.1) is 6.42 Å². The Hall–Kier alpha value is -3.15. The van der Waals surface area contributed by atoms with Crippen LogP contribution in [-0.4, -0.2) is 23.5 Å². The second-order valence-corrected chi connectivity index (χ2v) is 9.12. The van der Waals surface area contributed by atoms with Crippen LogP contribution in [0.15, 0.2) is 60.7 Å². The quantitative estimate of drug-likeness (QED) is 0.503. The number of esters is 3. The lowest BCUT2D eigenvalue weighted by molar-refractivity contribution is -0.188. The average Bonchev–Trinajstić information content (AvgIpc) is 3.41. The van der Waals surface area contributed by atoms with E-state index in [1.165, 1.54) is 0 Å². The van der Waals surface area contributed by atoms with Crippen LogP contribution in [-0.2, 0) is 41.8 Å². The fraction of sp³-hybridized carbons (Fsp3) is 0.423. The van der Waals surface area contributed by atoms with Gasteiger partial charge in [0.1, 0.15) is 29.6 Å². The summed E-state index contributed by atoms with van der Waals surface area (Å²) in [4.78, 5) is 39.4. The van der Waals surface area contributed by atoms with Gasteiger partial charge in [-0.2, -0.15) is 0 Å². The summed E-state index contributed by atoms with van der Waals surface area (Å²) in [5.74, 6) is -1.28. The summed E-state index contributed by atoms with van der Waals surface area (Å²) in [6.07, 6.45) is 2.50. The lowest BCUT2D eigenvalue weighted by Crippen LogP contribution is -2.55. The Balaban J connectivity index is 1.40. The van der Waals surface area contributed by atoms with Crippen LogP contribution in [0.3, 0.4) is 0 Å². The van der Waals surface area contributed by atoms with E-state index in [0.717, 1.165) is 11.1 Å². The van der Waals surface area contributed by atoms with Gasteiger partial charge in [0.25, 0.3) is 0 Å². The molecule has 6 heteroatoms. The molecule has 2 aliphatic carbocycles. The first-order chi connectivity index (χ1) is 15.5. The Morgan fingerprint density at radius 3 is 1.88 bits per heavy atom. The van der Waals surface area contributed by atoms with Crippen molar-refractivity contribution in [1.29, 1.82) is 0 Å². The minimum atomic E-state index is -1.18. The summed E-state index contributed by atoms with van der Waals surface area (Å²) in [6, 6.07) is 18.9. The van der Waals surface area contributed by atoms with E-state index >= 15 is 0 Å². The highest BCUT2D eigenvalue weighted by Crippen LogP contribution is 2.71. The van der Waals surface area contributed by atoms with Gasteiger partial charge in [0.2, 0.25) is 0 Å². The van der Waals surface area contributed by atoms with E-state index < -0.39 is 28.4 Å².